The average molecular weight is 262 g/mol. The first-order valence-electron chi connectivity index (χ1n) is 7.75. The van der Waals surface area contributed by atoms with Gasteiger partial charge in [0.25, 0.3) is 0 Å². The van der Waals surface area contributed by atoms with Gasteiger partial charge in [-0.05, 0) is 41.5 Å². The summed E-state index contributed by atoms with van der Waals surface area (Å²) in [4.78, 5) is 0. The summed E-state index contributed by atoms with van der Waals surface area (Å²) in [5.41, 5.74) is 7.27. The molecule has 0 heteroatoms. The van der Waals surface area contributed by atoms with Gasteiger partial charge in [-0.15, -0.1) is 0 Å². The normalized spacial score (nSPS) is 13.2. The Morgan fingerprint density at radius 2 is 1.75 bits per heavy atom. The number of hydrogen-bond acceptors (Lipinski definition) is 0. The summed E-state index contributed by atoms with van der Waals surface area (Å²) in [7, 11) is 0. The summed E-state index contributed by atoms with van der Waals surface area (Å²) in [5.74, 6) is 0. The first-order chi connectivity index (χ1) is 9.88. The van der Waals surface area contributed by atoms with E-state index in [2.05, 4.69) is 61.5 Å². The largest absolute Gasteiger partial charge is 0.0654 e. The lowest BCUT2D eigenvalue weighted by Crippen LogP contribution is -1.87. The van der Waals surface area contributed by atoms with Crippen LogP contribution in [0.3, 0.4) is 0 Å². The molecule has 3 rings (SSSR count). The first kappa shape index (κ1) is 13.2. The minimum Gasteiger partial charge on any atom is -0.0654 e. The molecule has 20 heavy (non-hydrogen) atoms. The van der Waals surface area contributed by atoms with E-state index >= 15 is 0 Å². The summed E-state index contributed by atoms with van der Waals surface area (Å²) in [6.45, 7) is 2.27. The van der Waals surface area contributed by atoms with Crippen LogP contribution in [0.2, 0.25) is 0 Å². The molecule has 2 aromatic rings. The highest BCUT2D eigenvalue weighted by atomic mass is 14.2. The Morgan fingerprint density at radius 1 is 0.900 bits per heavy atom. The van der Waals surface area contributed by atoms with E-state index in [1.165, 1.54) is 47.9 Å². The van der Waals surface area contributed by atoms with Gasteiger partial charge in [-0.2, -0.15) is 0 Å². The molecular formula is C20H22. The van der Waals surface area contributed by atoms with Gasteiger partial charge >= 0.3 is 0 Å². The highest BCUT2D eigenvalue weighted by Crippen LogP contribution is 2.35. The second kappa shape index (κ2) is 6.09. The second-order valence-electron chi connectivity index (χ2n) is 5.68. The van der Waals surface area contributed by atoms with E-state index in [0.29, 0.717) is 0 Å². The maximum Gasteiger partial charge on any atom is -0.00576 e. The Kier molecular flexibility index (Phi) is 4.01. The number of fused-ring (bicyclic) bond motifs is 1. The van der Waals surface area contributed by atoms with Crippen molar-refractivity contribution in [3.63, 3.8) is 0 Å². The quantitative estimate of drug-likeness (QED) is 0.591. The molecule has 0 aromatic heterocycles. The molecule has 0 N–H and O–H groups in total. The smallest absolute Gasteiger partial charge is 0.00576 e. The molecular weight excluding hydrogens is 240 g/mol. The number of rotatable bonds is 5. The molecule has 1 aliphatic rings. The van der Waals surface area contributed by atoms with Gasteiger partial charge in [-0.1, -0.05) is 79.9 Å². The minimum absolute atomic E-state index is 1.15. The monoisotopic (exact) mass is 262 g/mol. The van der Waals surface area contributed by atoms with Gasteiger partial charge in [0.05, 0.1) is 0 Å². The third-order valence-electron chi connectivity index (χ3n) is 4.15. The number of hydrogen-bond donors (Lipinski definition) is 0. The number of allylic oxidation sites excluding steroid dienone is 1. The molecule has 0 unspecified atom stereocenters. The third kappa shape index (κ3) is 2.70. The molecule has 0 nitrogen and oxygen atoms in total. The zero-order chi connectivity index (χ0) is 13.8. The summed E-state index contributed by atoms with van der Waals surface area (Å²) in [6.07, 6.45) is 8.83. The van der Waals surface area contributed by atoms with Crippen LogP contribution in [-0.4, -0.2) is 0 Å². The van der Waals surface area contributed by atoms with Gasteiger partial charge in [-0.3, -0.25) is 0 Å². The molecule has 0 heterocycles. The Morgan fingerprint density at radius 3 is 2.55 bits per heavy atom. The lowest BCUT2D eigenvalue weighted by Gasteiger charge is -2.07. The summed E-state index contributed by atoms with van der Waals surface area (Å²) < 4.78 is 0. The van der Waals surface area contributed by atoms with E-state index in [-0.39, 0.29) is 0 Å². The van der Waals surface area contributed by atoms with Crippen molar-refractivity contribution in [3.05, 3.63) is 65.2 Å². The van der Waals surface area contributed by atoms with Crippen molar-refractivity contribution < 1.29 is 0 Å². The standard InChI is InChI=1S/C20H22/c1-2-3-5-9-16-14-18-12-8-13-19(20(18)15-16)17-10-6-4-7-11-17/h4,6-8,10-13,15H,2-3,5,9,14H2,1H3. The fraction of sp³-hybridized carbons (Fsp3) is 0.300. The molecule has 0 aliphatic heterocycles. The molecule has 102 valence electrons. The van der Waals surface area contributed by atoms with Crippen LogP contribution in [0.25, 0.3) is 17.2 Å². The van der Waals surface area contributed by atoms with E-state index in [0.717, 1.165) is 6.42 Å². The Balaban J connectivity index is 1.88. The summed E-state index contributed by atoms with van der Waals surface area (Å²) in [6, 6.07) is 17.5. The van der Waals surface area contributed by atoms with Gasteiger partial charge in [0.1, 0.15) is 0 Å². The maximum absolute atomic E-state index is 2.44. The fourth-order valence-corrected chi connectivity index (χ4v) is 3.07. The van der Waals surface area contributed by atoms with Crippen molar-refractivity contribution in [2.75, 3.05) is 0 Å². The van der Waals surface area contributed by atoms with Crippen LogP contribution in [0.5, 0.6) is 0 Å². The van der Waals surface area contributed by atoms with Crippen molar-refractivity contribution in [2.24, 2.45) is 0 Å². The van der Waals surface area contributed by atoms with Crippen LogP contribution in [0.1, 0.15) is 43.7 Å². The molecule has 0 saturated carbocycles. The third-order valence-corrected chi connectivity index (χ3v) is 4.15. The summed E-state index contributed by atoms with van der Waals surface area (Å²) >= 11 is 0. The van der Waals surface area contributed by atoms with Crippen molar-refractivity contribution in [3.8, 4) is 11.1 Å². The molecule has 1 aliphatic carbocycles. The number of unbranched alkanes of at least 4 members (excludes halogenated alkanes) is 2. The van der Waals surface area contributed by atoms with Crippen molar-refractivity contribution >= 4 is 6.08 Å². The van der Waals surface area contributed by atoms with E-state index in [1.807, 2.05) is 0 Å². The molecule has 0 amide bonds. The highest BCUT2D eigenvalue weighted by molar-refractivity contribution is 5.80. The Hall–Kier alpha value is -1.82. The maximum atomic E-state index is 2.44. The van der Waals surface area contributed by atoms with Crippen molar-refractivity contribution in [1.82, 2.24) is 0 Å². The van der Waals surface area contributed by atoms with E-state index in [9.17, 15) is 0 Å². The lowest BCUT2D eigenvalue weighted by atomic mass is 9.97. The predicted molar refractivity (Wildman–Crippen MR) is 87.7 cm³/mol. The molecule has 0 bridgehead atoms. The van der Waals surface area contributed by atoms with Crippen LogP contribution in [0.15, 0.2) is 54.1 Å². The fourth-order valence-electron chi connectivity index (χ4n) is 3.07. The van der Waals surface area contributed by atoms with Crippen LogP contribution in [-0.2, 0) is 6.42 Å². The van der Waals surface area contributed by atoms with Crippen molar-refractivity contribution in [2.45, 2.75) is 39.0 Å². The topological polar surface area (TPSA) is 0 Å². The molecule has 0 saturated heterocycles. The Bertz CT molecular complexity index is 605. The van der Waals surface area contributed by atoms with Gasteiger partial charge in [0, 0.05) is 0 Å². The van der Waals surface area contributed by atoms with Crippen LogP contribution >= 0.6 is 0 Å². The molecule has 2 aromatic carbocycles. The number of benzene rings is 2. The SMILES string of the molecule is CCCCCC1=Cc2c(cccc2-c2ccccc2)C1. The zero-order valence-corrected chi connectivity index (χ0v) is 12.2. The Labute approximate surface area is 122 Å². The minimum atomic E-state index is 1.15. The average Bonchev–Trinajstić information content (AvgIpc) is 2.91. The predicted octanol–water partition coefficient (Wildman–Crippen LogP) is 5.87. The zero-order valence-electron chi connectivity index (χ0n) is 12.2. The van der Waals surface area contributed by atoms with Crippen LogP contribution in [0, 0.1) is 0 Å². The van der Waals surface area contributed by atoms with Gasteiger partial charge in [0.2, 0.25) is 0 Å². The summed E-state index contributed by atoms with van der Waals surface area (Å²) in [5, 5.41) is 0. The van der Waals surface area contributed by atoms with Gasteiger partial charge in [0.15, 0.2) is 0 Å². The molecule has 0 radical (unpaired) electrons. The van der Waals surface area contributed by atoms with Crippen molar-refractivity contribution in [1.29, 1.82) is 0 Å². The lowest BCUT2D eigenvalue weighted by molar-refractivity contribution is 0.709. The van der Waals surface area contributed by atoms with E-state index in [4.69, 9.17) is 0 Å². The van der Waals surface area contributed by atoms with Crippen LogP contribution in [0.4, 0.5) is 0 Å². The molecule has 0 fully saturated rings. The second-order valence-corrected chi connectivity index (χ2v) is 5.68. The van der Waals surface area contributed by atoms with E-state index in [1.54, 1.807) is 5.57 Å². The van der Waals surface area contributed by atoms with Gasteiger partial charge in [-0.25, -0.2) is 0 Å². The van der Waals surface area contributed by atoms with Crippen LogP contribution < -0.4 is 0 Å². The highest BCUT2D eigenvalue weighted by Gasteiger charge is 2.15. The van der Waals surface area contributed by atoms with Gasteiger partial charge < -0.3 is 0 Å². The van der Waals surface area contributed by atoms with E-state index < -0.39 is 0 Å². The molecule has 0 spiro atoms. The molecule has 0 atom stereocenters. The first-order valence-corrected chi connectivity index (χ1v) is 7.75.